The van der Waals surface area contributed by atoms with Crippen LogP contribution in [-0.2, 0) is 12.8 Å². The Morgan fingerprint density at radius 3 is 2.19 bits per heavy atom. The lowest BCUT2D eigenvalue weighted by Gasteiger charge is -2.11. The van der Waals surface area contributed by atoms with Crippen LogP contribution in [0, 0.1) is 28.5 Å². The van der Waals surface area contributed by atoms with E-state index in [1.54, 1.807) is 6.07 Å². The molecule has 4 nitrogen and oxygen atoms in total. The maximum absolute atomic E-state index is 14.8. The van der Waals surface area contributed by atoms with Crippen molar-refractivity contribution in [2.24, 2.45) is 0 Å². The molecule has 0 aliphatic rings. The third kappa shape index (κ3) is 4.85. The Morgan fingerprint density at radius 2 is 1.59 bits per heavy atom. The van der Waals surface area contributed by atoms with Crippen LogP contribution in [0.3, 0.4) is 0 Å². The Labute approximate surface area is 187 Å². The van der Waals surface area contributed by atoms with Gasteiger partial charge in [-0.25, -0.2) is 9.18 Å². The number of benzene rings is 3. The van der Waals surface area contributed by atoms with Crippen LogP contribution in [-0.4, -0.2) is 5.97 Å². The van der Waals surface area contributed by atoms with Crippen LogP contribution in [0.5, 0.6) is 5.75 Å². The van der Waals surface area contributed by atoms with Gasteiger partial charge in [0, 0.05) is 5.56 Å². The van der Waals surface area contributed by atoms with Crippen molar-refractivity contribution in [2.75, 3.05) is 0 Å². The van der Waals surface area contributed by atoms with E-state index in [0.717, 1.165) is 36.5 Å². The van der Waals surface area contributed by atoms with Gasteiger partial charge in [0.2, 0.25) is 0 Å². The molecule has 0 aromatic heterocycles. The molecule has 160 valence electrons. The Morgan fingerprint density at radius 1 is 0.906 bits per heavy atom. The van der Waals surface area contributed by atoms with Crippen molar-refractivity contribution in [3.05, 3.63) is 88.2 Å². The minimum Gasteiger partial charge on any atom is -0.421 e. The first-order valence-electron chi connectivity index (χ1n) is 10.6. The molecule has 0 aliphatic carbocycles. The quantitative estimate of drug-likeness (QED) is 0.325. The number of halogens is 1. The van der Waals surface area contributed by atoms with E-state index in [0.29, 0.717) is 12.0 Å². The Kier molecular flexibility index (Phi) is 7.37. The summed E-state index contributed by atoms with van der Waals surface area (Å²) in [7, 11) is 0. The minimum atomic E-state index is -0.794. The summed E-state index contributed by atoms with van der Waals surface area (Å²) in [5.74, 6) is -1.35. The van der Waals surface area contributed by atoms with Crippen molar-refractivity contribution in [3.63, 3.8) is 0 Å². The van der Waals surface area contributed by atoms with Gasteiger partial charge >= 0.3 is 5.97 Å². The zero-order valence-corrected chi connectivity index (χ0v) is 18.1. The van der Waals surface area contributed by atoms with Crippen LogP contribution in [0.15, 0.2) is 54.6 Å². The first-order valence-corrected chi connectivity index (χ1v) is 10.6. The molecule has 3 aromatic rings. The highest BCUT2D eigenvalue weighted by atomic mass is 19.1. The molecule has 0 spiro atoms. The minimum absolute atomic E-state index is 0.00935. The first kappa shape index (κ1) is 22.7. The molecule has 3 aromatic carbocycles. The van der Waals surface area contributed by atoms with E-state index < -0.39 is 11.8 Å². The molecule has 0 heterocycles. The molecule has 0 N–H and O–H groups in total. The maximum Gasteiger partial charge on any atom is 0.343 e. The summed E-state index contributed by atoms with van der Waals surface area (Å²) < 4.78 is 20.1. The molecule has 0 bridgehead atoms. The number of esters is 1. The summed E-state index contributed by atoms with van der Waals surface area (Å²) in [5.41, 5.74) is 3.26. The molecular weight excluding hydrogens is 403 g/mol. The molecule has 0 fully saturated rings. The smallest absolute Gasteiger partial charge is 0.343 e. The van der Waals surface area contributed by atoms with Crippen LogP contribution in [0.4, 0.5) is 4.39 Å². The van der Waals surface area contributed by atoms with Crippen molar-refractivity contribution in [3.8, 4) is 29.0 Å². The number of nitriles is 2. The van der Waals surface area contributed by atoms with Crippen LogP contribution in [0.1, 0.15) is 59.3 Å². The highest BCUT2D eigenvalue weighted by Crippen LogP contribution is 2.28. The summed E-state index contributed by atoms with van der Waals surface area (Å²) in [6.07, 6.45) is 3.45. The lowest BCUT2D eigenvalue weighted by Crippen LogP contribution is -2.11. The summed E-state index contributed by atoms with van der Waals surface area (Å²) in [6, 6.07) is 19.0. The zero-order valence-electron chi connectivity index (χ0n) is 18.1. The fraction of sp³-hybridized carbons (Fsp3) is 0.222. The van der Waals surface area contributed by atoms with Crippen LogP contribution >= 0.6 is 0 Å². The monoisotopic (exact) mass is 426 g/mol. The van der Waals surface area contributed by atoms with Gasteiger partial charge in [0.05, 0.1) is 11.1 Å². The third-order valence-corrected chi connectivity index (χ3v) is 5.21. The number of nitrogens with zero attached hydrogens (tertiary/aromatic N) is 2. The average Bonchev–Trinajstić information content (AvgIpc) is 2.80. The lowest BCUT2D eigenvalue weighted by molar-refractivity contribution is 0.0733. The molecule has 0 radical (unpaired) electrons. The molecule has 0 saturated heterocycles. The second-order valence-electron chi connectivity index (χ2n) is 7.48. The van der Waals surface area contributed by atoms with E-state index in [9.17, 15) is 19.7 Å². The highest BCUT2D eigenvalue weighted by Gasteiger charge is 2.18. The SMILES string of the molecule is CCCc1ccc(-c2ccc(C(=O)Oc3ccc(CCC)c(C#N)c3C#N)cc2F)cc1. The third-order valence-electron chi connectivity index (χ3n) is 5.21. The Hall–Kier alpha value is -3.96. The van der Waals surface area contributed by atoms with Crippen molar-refractivity contribution in [1.29, 1.82) is 10.5 Å². The number of carbonyl (C=O) groups excluding carboxylic acids is 1. The van der Waals surface area contributed by atoms with Crippen LogP contribution in [0.2, 0.25) is 0 Å². The van der Waals surface area contributed by atoms with Gasteiger partial charge < -0.3 is 4.74 Å². The second kappa shape index (κ2) is 10.4. The molecule has 0 amide bonds. The number of ether oxygens (including phenoxy) is 1. The van der Waals surface area contributed by atoms with Crippen LogP contribution < -0.4 is 4.74 Å². The van der Waals surface area contributed by atoms with Crippen molar-refractivity contribution < 1.29 is 13.9 Å². The summed E-state index contributed by atoms with van der Waals surface area (Å²) >= 11 is 0. The van der Waals surface area contributed by atoms with E-state index in [1.807, 2.05) is 43.3 Å². The fourth-order valence-electron chi connectivity index (χ4n) is 3.60. The summed E-state index contributed by atoms with van der Waals surface area (Å²) in [5, 5.41) is 19.0. The Bertz CT molecular complexity index is 1220. The van der Waals surface area contributed by atoms with Gasteiger partial charge in [0.25, 0.3) is 0 Å². The average molecular weight is 426 g/mol. The first-order chi connectivity index (χ1) is 15.5. The molecule has 0 aliphatic heterocycles. The van der Waals surface area contributed by atoms with Gasteiger partial charge in [-0.3, -0.25) is 0 Å². The molecule has 0 atom stereocenters. The van der Waals surface area contributed by atoms with Gasteiger partial charge in [-0.15, -0.1) is 0 Å². The number of hydrogen-bond donors (Lipinski definition) is 0. The second-order valence-corrected chi connectivity index (χ2v) is 7.48. The van der Waals surface area contributed by atoms with Gasteiger partial charge in [0.15, 0.2) is 0 Å². The molecule has 0 unspecified atom stereocenters. The molecule has 32 heavy (non-hydrogen) atoms. The topological polar surface area (TPSA) is 73.9 Å². The Balaban J connectivity index is 1.86. The standard InChI is InChI=1S/C27H23FN2O2/c1-3-5-18-7-9-20(10-8-18)22-13-11-21(15-25(22)28)27(31)32-26-14-12-19(6-4-2)23(16-29)24(26)17-30/h7-15H,3-6H2,1-2H3. The van der Waals surface area contributed by atoms with E-state index in [4.69, 9.17) is 4.74 Å². The van der Waals surface area contributed by atoms with E-state index in [1.165, 1.54) is 23.8 Å². The molecule has 0 saturated carbocycles. The predicted octanol–water partition coefficient (Wildman–Crippen LogP) is 6.36. The van der Waals surface area contributed by atoms with Crippen molar-refractivity contribution in [1.82, 2.24) is 0 Å². The molecule has 5 heteroatoms. The normalized spacial score (nSPS) is 10.3. The number of carbonyl (C=O) groups is 1. The van der Waals surface area contributed by atoms with Gasteiger partial charge in [-0.1, -0.05) is 63.1 Å². The maximum atomic E-state index is 14.8. The number of hydrogen-bond acceptors (Lipinski definition) is 4. The van der Waals surface area contributed by atoms with Gasteiger partial charge in [-0.05, 0) is 47.7 Å². The zero-order chi connectivity index (χ0) is 23.1. The predicted molar refractivity (Wildman–Crippen MR) is 121 cm³/mol. The van der Waals surface area contributed by atoms with E-state index >= 15 is 0 Å². The molecule has 3 rings (SSSR count). The summed E-state index contributed by atoms with van der Waals surface area (Å²) in [6.45, 7) is 4.07. The largest absolute Gasteiger partial charge is 0.421 e. The number of aryl methyl sites for hydroxylation is 2. The summed E-state index contributed by atoms with van der Waals surface area (Å²) in [4.78, 5) is 12.6. The van der Waals surface area contributed by atoms with Crippen molar-refractivity contribution in [2.45, 2.75) is 39.5 Å². The fourth-order valence-corrected chi connectivity index (χ4v) is 3.60. The van der Waals surface area contributed by atoms with Crippen LogP contribution in [0.25, 0.3) is 11.1 Å². The van der Waals surface area contributed by atoms with E-state index in [-0.39, 0.29) is 22.4 Å². The van der Waals surface area contributed by atoms with Crippen molar-refractivity contribution >= 4 is 5.97 Å². The molecular formula is C27H23FN2O2. The highest BCUT2D eigenvalue weighted by molar-refractivity contribution is 5.92. The van der Waals surface area contributed by atoms with Gasteiger partial charge in [-0.2, -0.15) is 10.5 Å². The van der Waals surface area contributed by atoms with Gasteiger partial charge in [0.1, 0.15) is 29.3 Å². The number of rotatable bonds is 7. The lowest BCUT2D eigenvalue weighted by atomic mass is 9.98. The van der Waals surface area contributed by atoms with E-state index in [2.05, 4.69) is 6.92 Å².